The van der Waals surface area contributed by atoms with Gasteiger partial charge in [0.1, 0.15) is 0 Å². The van der Waals surface area contributed by atoms with Crippen molar-refractivity contribution >= 4 is 11.0 Å². The molecule has 3 rings (SSSR count). The first-order chi connectivity index (χ1) is 8.33. The van der Waals surface area contributed by atoms with Crippen molar-refractivity contribution in [1.29, 1.82) is 0 Å². The molecule has 0 aliphatic rings. The molecule has 0 saturated heterocycles. The number of aromatic nitrogens is 3. The van der Waals surface area contributed by atoms with Gasteiger partial charge in [-0.15, -0.1) is 0 Å². The number of fused-ring (bicyclic) bond motifs is 1. The zero-order valence-electron chi connectivity index (χ0n) is 9.46. The Kier molecular flexibility index (Phi) is 2.29. The predicted octanol–water partition coefficient (Wildman–Crippen LogP) is 3.00. The number of rotatable bonds is 1. The van der Waals surface area contributed by atoms with E-state index in [0.29, 0.717) is 0 Å². The molecular formula is C14H11N3. The highest BCUT2D eigenvalue weighted by atomic mass is 14.8. The van der Waals surface area contributed by atoms with Crippen LogP contribution in [0.15, 0.2) is 48.7 Å². The number of aryl methyl sites for hydroxylation is 1. The minimum atomic E-state index is 0.884. The van der Waals surface area contributed by atoms with Crippen molar-refractivity contribution in [2.75, 3.05) is 0 Å². The van der Waals surface area contributed by atoms with Crippen molar-refractivity contribution in [3.63, 3.8) is 0 Å². The van der Waals surface area contributed by atoms with Gasteiger partial charge in [-0.3, -0.25) is 9.97 Å². The van der Waals surface area contributed by atoms with Gasteiger partial charge in [0.15, 0.2) is 0 Å². The first-order valence-electron chi connectivity index (χ1n) is 5.49. The average Bonchev–Trinajstić information content (AvgIpc) is 2.38. The van der Waals surface area contributed by atoms with E-state index in [-0.39, 0.29) is 0 Å². The van der Waals surface area contributed by atoms with Crippen molar-refractivity contribution in [2.45, 2.75) is 6.92 Å². The number of hydrogen-bond acceptors (Lipinski definition) is 3. The minimum Gasteiger partial charge on any atom is -0.255 e. The molecule has 0 unspecified atom stereocenters. The minimum absolute atomic E-state index is 0.884. The lowest BCUT2D eigenvalue weighted by atomic mass is 10.2. The summed E-state index contributed by atoms with van der Waals surface area (Å²) in [6.45, 7) is 1.98. The van der Waals surface area contributed by atoms with Gasteiger partial charge in [0.2, 0.25) is 0 Å². The van der Waals surface area contributed by atoms with E-state index in [1.54, 1.807) is 6.20 Å². The molecule has 0 aliphatic heterocycles. The molecule has 3 aromatic heterocycles. The van der Waals surface area contributed by atoms with Gasteiger partial charge in [0.25, 0.3) is 0 Å². The summed E-state index contributed by atoms with van der Waals surface area (Å²) in [5.41, 5.74) is 4.58. The maximum atomic E-state index is 4.56. The summed E-state index contributed by atoms with van der Waals surface area (Å²) in [4.78, 5) is 13.3. The second-order valence-electron chi connectivity index (χ2n) is 3.90. The lowest BCUT2D eigenvalue weighted by molar-refractivity contribution is 1.18. The van der Waals surface area contributed by atoms with Gasteiger partial charge < -0.3 is 0 Å². The summed E-state index contributed by atoms with van der Waals surface area (Å²) >= 11 is 0. The normalized spacial score (nSPS) is 10.6. The molecule has 0 radical (unpaired) electrons. The molecule has 3 heterocycles. The van der Waals surface area contributed by atoms with Crippen LogP contribution in [0.25, 0.3) is 22.4 Å². The SMILES string of the molecule is Cc1cccc(-c2ccc3ncccc3n2)n1. The van der Waals surface area contributed by atoms with Crippen LogP contribution >= 0.6 is 0 Å². The lowest BCUT2D eigenvalue weighted by Crippen LogP contribution is -1.90. The van der Waals surface area contributed by atoms with Gasteiger partial charge in [0.05, 0.1) is 22.4 Å². The third-order valence-electron chi connectivity index (χ3n) is 2.61. The van der Waals surface area contributed by atoms with Crippen LogP contribution in [0.3, 0.4) is 0 Å². The van der Waals surface area contributed by atoms with E-state index < -0.39 is 0 Å². The molecule has 0 bridgehead atoms. The predicted molar refractivity (Wildman–Crippen MR) is 67.5 cm³/mol. The Balaban J connectivity index is 2.18. The summed E-state index contributed by atoms with van der Waals surface area (Å²) in [6.07, 6.45) is 1.77. The Bertz CT molecular complexity index is 677. The second kappa shape index (κ2) is 3.94. The van der Waals surface area contributed by atoms with Gasteiger partial charge in [-0.25, -0.2) is 4.98 Å². The molecule has 3 heteroatoms. The molecule has 3 nitrogen and oxygen atoms in total. The zero-order valence-corrected chi connectivity index (χ0v) is 9.46. The van der Waals surface area contributed by atoms with E-state index in [1.807, 2.05) is 49.4 Å². The van der Waals surface area contributed by atoms with Crippen LogP contribution in [0, 0.1) is 6.92 Å². The molecule has 0 spiro atoms. The molecule has 0 fully saturated rings. The summed E-state index contributed by atoms with van der Waals surface area (Å²) in [7, 11) is 0. The van der Waals surface area contributed by atoms with Crippen LogP contribution in [-0.4, -0.2) is 15.0 Å². The fourth-order valence-electron chi connectivity index (χ4n) is 1.79. The maximum Gasteiger partial charge on any atom is 0.0895 e. The van der Waals surface area contributed by atoms with Crippen molar-refractivity contribution in [2.24, 2.45) is 0 Å². The zero-order chi connectivity index (χ0) is 11.7. The first kappa shape index (κ1) is 9.90. The third-order valence-corrected chi connectivity index (χ3v) is 2.61. The highest BCUT2D eigenvalue weighted by molar-refractivity contribution is 5.76. The number of nitrogens with zero attached hydrogens (tertiary/aromatic N) is 3. The van der Waals surface area contributed by atoms with E-state index >= 15 is 0 Å². The smallest absolute Gasteiger partial charge is 0.0895 e. The molecule has 17 heavy (non-hydrogen) atoms. The van der Waals surface area contributed by atoms with Crippen molar-refractivity contribution in [3.05, 3.63) is 54.4 Å². The Morgan fingerprint density at radius 3 is 2.53 bits per heavy atom. The quantitative estimate of drug-likeness (QED) is 0.634. The molecule has 0 saturated carbocycles. The van der Waals surface area contributed by atoms with Crippen LogP contribution < -0.4 is 0 Å². The molecule has 0 N–H and O–H groups in total. The van der Waals surface area contributed by atoms with Gasteiger partial charge in [-0.05, 0) is 43.3 Å². The second-order valence-corrected chi connectivity index (χ2v) is 3.90. The van der Waals surface area contributed by atoms with Crippen LogP contribution in [0.5, 0.6) is 0 Å². The highest BCUT2D eigenvalue weighted by Gasteiger charge is 2.02. The fraction of sp³-hybridized carbons (Fsp3) is 0.0714. The molecule has 82 valence electrons. The monoisotopic (exact) mass is 221 g/mol. The average molecular weight is 221 g/mol. The van der Waals surface area contributed by atoms with Crippen molar-refractivity contribution in [3.8, 4) is 11.4 Å². The summed E-state index contributed by atoms with van der Waals surface area (Å²) < 4.78 is 0. The van der Waals surface area contributed by atoms with Crippen LogP contribution in [-0.2, 0) is 0 Å². The van der Waals surface area contributed by atoms with Gasteiger partial charge in [0, 0.05) is 11.9 Å². The molecular weight excluding hydrogens is 210 g/mol. The van der Waals surface area contributed by atoms with E-state index in [9.17, 15) is 0 Å². The Labute approximate surface area is 99.2 Å². The molecule has 0 atom stereocenters. The van der Waals surface area contributed by atoms with E-state index in [4.69, 9.17) is 0 Å². The number of pyridine rings is 3. The summed E-state index contributed by atoms with van der Waals surface area (Å²) in [5, 5.41) is 0. The Morgan fingerprint density at radius 2 is 1.65 bits per heavy atom. The molecule has 0 aromatic carbocycles. The van der Waals surface area contributed by atoms with Crippen molar-refractivity contribution in [1.82, 2.24) is 15.0 Å². The van der Waals surface area contributed by atoms with Crippen LogP contribution in [0.1, 0.15) is 5.69 Å². The maximum absolute atomic E-state index is 4.56. The lowest BCUT2D eigenvalue weighted by Gasteiger charge is -2.02. The topological polar surface area (TPSA) is 38.7 Å². The number of hydrogen-bond donors (Lipinski definition) is 0. The van der Waals surface area contributed by atoms with E-state index in [1.165, 1.54) is 0 Å². The van der Waals surface area contributed by atoms with Gasteiger partial charge in [-0.1, -0.05) is 6.07 Å². The summed E-state index contributed by atoms with van der Waals surface area (Å²) in [6, 6.07) is 13.7. The van der Waals surface area contributed by atoms with Gasteiger partial charge >= 0.3 is 0 Å². The Hall–Kier alpha value is -2.29. The first-order valence-corrected chi connectivity index (χ1v) is 5.49. The van der Waals surface area contributed by atoms with E-state index in [0.717, 1.165) is 28.1 Å². The molecule has 3 aromatic rings. The third kappa shape index (κ3) is 1.87. The largest absolute Gasteiger partial charge is 0.255 e. The van der Waals surface area contributed by atoms with Gasteiger partial charge in [-0.2, -0.15) is 0 Å². The standard InChI is InChI=1S/C14H11N3/c1-10-4-2-5-13(16-10)14-8-7-11-12(17-14)6-3-9-15-11/h2-9H,1H3. The van der Waals surface area contributed by atoms with Crippen molar-refractivity contribution < 1.29 is 0 Å². The molecule has 0 aliphatic carbocycles. The highest BCUT2D eigenvalue weighted by Crippen LogP contribution is 2.18. The van der Waals surface area contributed by atoms with Crippen LogP contribution in [0.2, 0.25) is 0 Å². The summed E-state index contributed by atoms with van der Waals surface area (Å²) in [5.74, 6) is 0. The van der Waals surface area contributed by atoms with Crippen LogP contribution in [0.4, 0.5) is 0 Å². The van der Waals surface area contributed by atoms with E-state index in [2.05, 4.69) is 15.0 Å². The molecule has 0 amide bonds. The fourth-order valence-corrected chi connectivity index (χ4v) is 1.79. The Morgan fingerprint density at radius 1 is 0.765 bits per heavy atom.